The highest BCUT2D eigenvalue weighted by atomic mass is 16.5. The number of para-hydroxylation sites is 2. The lowest BCUT2D eigenvalue weighted by Gasteiger charge is -2.30. The van der Waals surface area contributed by atoms with Gasteiger partial charge in [-0.25, -0.2) is 0 Å². The fourth-order valence-electron chi connectivity index (χ4n) is 3.69. The summed E-state index contributed by atoms with van der Waals surface area (Å²) in [7, 11) is 3.15. The van der Waals surface area contributed by atoms with E-state index in [2.05, 4.69) is 5.32 Å². The summed E-state index contributed by atoms with van der Waals surface area (Å²) in [5.41, 5.74) is 1.12. The molecule has 1 heterocycles. The van der Waals surface area contributed by atoms with Gasteiger partial charge in [-0.05, 0) is 61.0 Å². The van der Waals surface area contributed by atoms with Crippen molar-refractivity contribution in [3.63, 3.8) is 0 Å². The SMILES string of the molecule is COc1ccc(OCCCN2C(=O)COc3ccc(NC(=O)COc4ccccc4OC)cc32)cc1. The van der Waals surface area contributed by atoms with Gasteiger partial charge in [0.25, 0.3) is 11.8 Å². The van der Waals surface area contributed by atoms with E-state index in [4.69, 9.17) is 23.7 Å². The third-order valence-electron chi connectivity index (χ3n) is 5.47. The zero-order chi connectivity index (χ0) is 25.3. The predicted octanol–water partition coefficient (Wildman–Crippen LogP) is 3.92. The van der Waals surface area contributed by atoms with Crippen LogP contribution in [0.15, 0.2) is 66.7 Å². The van der Waals surface area contributed by atoms with Crippen LogP contribution in [-0.4, -0.2) is 52.4 Å². The molecule has 3 aromatic rings. The molecule has 0 atom stereocenters. The Balaban J connectivity index is 1.34. The number of benzene rings is 3. The lowest BCUT2D eigenvalue weighted by Crippen LogP contribution is -2.39. The van der Waals surface area contributed by atoms with Crippen LogP contribution in [0.25, 0.3) is 0 Å². The minimum atomic E-state index is -0.344. The molecule has 0 radical (unpaired) electrons. The third kappa shape index (κ3) is 6.18. The summed E-state index contributed by atoms with van der Waals surface area (Å²) < 4.78 is 27.3. The highest BCUT2D eigenvalue weighted by Gasteiger charge is 2.25. The van der Waals surface area contributed by atoms with E-state index in [1.54, 1.807) is 48.4 Å². The first-order valence-corrected chi connectivity index (χ1v) is 11.5. The number of nitrogens with one attached hydrogen (secondary N) is 1. The number of rotatable bonds is 11. The molecule has 1 N–H and O–H groups in total. The van der Waals surface area contributed by atoms with Crippen LogP contribution in [0.1, 0.15) is 6.42 Å². The quantitative estimate of drug-likeness (QED) is 0.406. The fourth-order valence-corrected chi connectivity index (χ4v) is 3.69. The van der Waals surface area contributed by atoms with Crippen LogP contribution in [0, 0.1) is 0 Å². The van der Waals surface area contributed by atoms with Crippen molar-refractivity contribution >= 4 is 23.2 Å². The highest BCUT2D eigenvalue weighted by Crippen LogP contribution is 2.35. The summed E-state index contributed by atoms with van der Waals surface area (Å²) >= 11 is 0. The second-order valence-electron chi connectivity index (χ2n) is 7.88. The van der Waals surface area contributed by atoms with E-state index in [1.807, 2.05) is 30.3 Å². The standard InChI is InChI=1S/C27H28N2O7/c1-32-20-9-11-21(12-10-20)34-15-5-14-29-22-16-19(8-13-23(22)36-18-27(29)31)28-26(30)17-35-25-7-4-3-6-24(25)33-2/h3-4,6-13,16H,5,14-15,17-18H2,1-2H3,(H,28,30). The zero-order valence-corrected chi connectivity index (χ0v) is 20.2. The van der Waals surface area contributed by atoms with Crippen molar-refractivity contribution in [2.45, 2.75) is 6.42 Å². The molecule has 0 saturated heterocycles. The molecule has 0 aliphatic carbocycles. The van der Waals surface area contributed by atoms with Crippen molar-refractivity contribution in [2.24, 2.45) is 0 Å². The number of anilines is 2. The van der Waals surface area contributed by atoms with Crippen molar-refractivity contribution in [3.8, 4) is 28.7 Å². The van der Waals surface area contributed by atoms with Gasteiger partial charge in [0.05, 0.1) is 26.5 Å². The van der Waals surface area contributed by atoms with Crippen LogP contribution in [-0.2, 0) is 9.59 Å². The molecule has 1 aliphatic rings. The second-order valence-corrected chi connectivity index (χ2v) is 7.88. The number of carbonyl (C=O) groups excluding carboxylic acids is 2. The molecule has 0 spiro atoms. The monoisotopic (exact) mass is 492 g/mol. The van der Waals surface area contributed by atoms with Gasteiger partial charge in [0, 0.05) is 12.2 Å². The van der Waals surface area contributed by atoms with Gasteiger partial charge in [0.1, 0.15) is 17.2 Å². The normalized spacial score (nSPS) is 12.3. The number of ether oxygens (including phenoxy) is 5. The Bertz CT molecular complexity index is 1200. The number of nitrogens with zero attached hydrogens (tertiary/aromatic N) is 1. The zero-order valence-electron chi connectivity index (χ0n) is 20.2. The first kappa shape index (κ1) is 24.7. The summed E-state index contributed by atoms with van der Waals surface area (Å²) in [5, 5.41) is 2.80. The van der Waals surface area contributed by atoms with E-state index < -0.39 is 0 Å². The van der Waals surface area contributed by atoms with Crippen molar-refractivity contribution < 1.29 is 33.3 Å². The Kier molecular flexibility index (Phi) is 8.12. The van der Waals surface area contributed by atoms with E-state index in [1.165, 1.54) is 7.11 Å². The Morgan fingerprint density at radius 1 is 0.944 bits per heavy atom. The van der Waals surface area contributed by atoms with E-state index in [0.29, 0.717) is 48.2 Å². The molecule has 9 nitrogen and oxygen atoms in total. The number of methoxy groups -OCH3 is 2. The lowest BCUT2D eigenvalue weighted by atomic mass is 10.2. The molecule has 36 heavy (non-hydrogen) atoms. The van der Waals surface area contributed by atoms with E-state index >= 15 is 0 Å². The lowest BCUT2D eigenvalue weighted by molar-refractivity contribution is -0.121. The fraction of sp³-hybridized carbons (Fsp3) is 0.259. The van der Waals surface area contributed by atoms with Gasteiger partial charge in [-0.15, -0.1) is 0 Å². The maximum Gasteiger partial charge on any atom is 0.265 e. The molecule has 2 amide bonds. The molecular weight excluding hydrogens is 464 g/mol. The van der Waals surface area contributed by atoms with Crippen molar-refractivity contribution in [1.82, 2.24) is 0 Å². The maximum absolute atomic E-state index is 12.6. The van der Waals surface area contributed by atoms with Gasteiger partial charge >= 0.3 is 0 Å². The molecule has 0 saturated carbocycles. The van der Waals surface area contributed by atoms with Gasteiger partial charge in [-0.1, -0.05) is 12.1 Å². The number of amides is 2. The van der Waals surface area contributed by atoms with Gasteiger partial charge in [0.2, 0.25) is 0 Å². The van der Waals surface area contributed by atoms with E-state index in [9.17, 15) is 9.59 Å². The maximum atomic E-state index is 12.6. The third-order valence-corrected chi connectivity index (χ3v) is 5.47. The molecule has 1 aliphatic heterocycles. The van der Waals surface area contributed by atoms with Crippen LogP contribution in [0.5, 0.6) is 28.7 Å². The number of hydrogen-bond donors (Lipinski definition) is 1. The van der Waals surface area contributed by atoms with Crippen molar-refractivity contribution in [1.29, 1.82) is 0 Å². The Morgan fingerprint density at radius 3 is 2.44 bits per heavy atom. The van der Waals surface area contributed by atoms with Crippen LogP contribution >= 0.6 is 0 Å². The molecule has 0 fully saturated rings. The van der Waals surface area contributed by atoms with Crippen LogP contribution in [0.3, 0.4) is 0 Å². The van der Waals surface area contributed by atoms with Gasteiger partial charge in [-0.2, -0.15) is 0 Å². The molecule has 0 aromatic heterocycles. The summed E-state index contributed by atoms with van der Waals surface area (Å²) in [6.45, 7) is 0.646. The molecule has 9 heteroatoms. The van der Waals surface area contributed by atoms with Gasteiger partial charge in [0.15, 0.2) is 24.7 Å². The van der Waals surface area contributed by atoms with Gasteiger partial charge < -0.3 is 33.9 Å². The molecule has 3 aromatic carbocycles. The smallest absolute Gasteiger partial charge is 0.265 e. The van der Waals surface area contributed by atoms with E-state index in [-0.39, 0.29) is 25.0 Å². The Hall–Kier alpha value is -4.40. The largest absolute Gasteiger partial charge is 0.497 e. The Labute approximate surface area is 209 Å². The minimum absolute atomic E-state index is 0.0369. The van der Waals surface area contributed by atoms with Gasteiger partial charge in [-0.3, -0.25) is 9.59 Å². The number of carbonyl (C=O) groups is 2. The predicted molar refractivity (Wildman–Crippen MR) is 135 cm³/mol. The first-order valence-electron chi connectivity index (χ1n) is 11.5. The number of fused-ring (bicyclic) bond motifs is 1. The van der Waals surface area contributed by atoms with Crippen LogP contribution < -0.4 is 33.9 Å². The van der Waals surface area contributed by atoms with E-state index in [0.717, 1.165) is 11.5 Å². The summed E-state index contributed by atoms with van der Waals surface area (Å²) in [6.07, 6.45) is 0.612. The molecular formula is C27H28N2O7. The highest BCUT2D eigenvalue weighted by molar-refractivity contribution is 5.99. The summed E-state index contributed by atoms with van der Waals surface area (Å²) in [4.78, 5) is 26.7. The average molecular weight is 493 g/mol. The summed E-state index contributed by atoms with van der Waals surface area (Å²) in [6, 6.07) is 19.6. The second kappa shape index (κ2) is 11.8. The minimum Gasteiger partial charge on any atom is -0.497 e. The Morgan fingerprint density at radius 2 is 1.69 bits per heavy atom. The number of hydrogen-bond acceptors (Lipinski definition) is 7. The van der Waals surface area contributed by atoms with Crippen molar-refractivity contribution in [2.75, 3.05) is 50.8 Å². The van der Waals surface area contributed by atoms with Crippen LogP contribution in [0.4, 0.5) is 11.4 Å². The summed E-state index contributed by atoms with van der Waals surface area (Å²) in [5.74, 6) is 2.58. The molecule has 0 unspecified atom stereocenters. The molecule has 0 bridgehead atoms. The molecule has 4 rings (SSSR count). The topological polar surface area (TPSA) is 95.6 Å². The van der Waals surface area contributed by atoms with Crippen LogP contribution in [0.2, 0.25) is 0 Å². The van der Waals surface area contributed by atoms with Crippen molar-refractivity contribution in [3.05, 3.63) is 66.7 Å². The average Bonchev–Trinajstić information content (AvgIpc) is 2.91. The first-order chi connectivity index (χ1) is 17.6. The molecule has 188 valence electrons.